The van der Waals surface area contributed by atoms with Crippen LogP contribution < -0.4 is 11.5 Å². The van der Waals surface area contributed by atoms with Crippen molar-refractivity contribution >= 4 is 17.0 Å². The fourth-order valence-corrected chi connectivity index (χ4v) is 4.00. The molecule has 1 fully saturated rings. The van der Waals surface area contributed by atoms with E-state index < -0.39 is 29.6 Å². The number of amides is 1. The molecule has 0 spiro atoms. The third kappa shape index (κ3) is 4.28. The molecule has 32 heavy (non-hydrogen) atoms. The van der Waals surface area contributed by atoms with Crippen LogP contribution in [-0.2, 0) is 23.0 Å². The quantitative estimate of drug-likeness (QED) is 0.651. The van der Waals surface area contributed by atoms with Crippen LogP contribution in [0.4, 0.5) is 4.39 Å². The molecule has 1 aliphatic heterocycles. The van der Waals surface area contributed by atoms with Crippen LogP contribution in [0.25, 0.3) is 22.2 Å². The molecule has 4 rings (SSSR count). The second kappa shape index (κ2) is 8.94. The molecule has 1 aromatic heterocycles. The summed E-state index contributed by atoms with van der Waals surface area (Å²) in [7, 11) is 1.59. The molecular weight excluding hydrogens is 415 g/mol. The van der Waals surface area contributed by atoms with Crippen molar-refractivity contribution < 1.29 is 18.3 Å². The van der Waals surface area contributed by atoms with Gasteiger partial charge in [-0.2, -0.15) is 5.26 Å². The summed E-state index contributed by atoms with van der Waals surface area (Å²) in [4.78, 5) is 25.1. The number of aryl methyl sites for hydroxylation is 1. The van der Waals surface area contributed by atoms with Gasteiger partial charge in [-0.15, -0.1) is 0 Å². The van der Waals surface area contributed by atoms with Gasteiger partial charge in [-0.25, -0.2) is 9.18 Å². The average Bonchev–Trinajstić information content (AvgIpc) is 2.94. The van der Waals surface area contributed by atoms with Crippen molar-refractivity contribution in [2.75, 3.05) is 19.7 Å². The standard InChI is InChI=1S/C23H23FN4O4/c1-27-19-11-15(4-6-20(19)32-23(27)30)17-5-3-14(10-18(17)24)9-16(12-25)28-7-2-8-31-21(13-28)22(26)29/h3-6,10-11,16,21H,2,7-9,13H2,1H3,(H2,26,29)/t16-,21?/m0/s1. The highest BCUT2D eigenvalue weighted by Crippen LogP contribution is 2.27. The summed E-state index contributed by atoms with van der Waals surface area (Å²) in [6.45, 7) is 1.22. The molecule has 9 heteroatoms. The van der Waals surface area contributed by atoms with E-state index in [9.17, 15) is 14.9 Å². The molecule has 1 amide bonds. The lowest BCUT2D eigenvalue weighted by molar-refractivity contribution is -0.129. The van der Waals surface area contributed by atoms with Gasteiger partial charge in [0.2, 0.25) is 5.91 Å². The largest absolute Gasteiger partial charge is 0.419 e. The minimum absolute atomic E-state index is 0.234. The summed E-state index contributed by atoms with van der Waals surface area (Å²) in [5.74, 6) is -1.47. The zero-order valence-electron chi connectivity index (χ0n) is 17.6. The normalized spacial score (nSPS) is 18.2. The second-order valence-corrected chi connectivity index (χ2v) is 7.88. The highest BCUT2D eigenvalue weighted by molar-refractivity contribution is 5.81. The highest BCUT2D eigenvalue weighted by atomic mass is 19.1. The molecule has 2 heterocycles. The van der Waals surface area contributed by atoms with E-state index in [1.807, 2.05) is 4.90 Å². The number of nitriles is 1. The molecule has 0 radical (unpaired) electrons. The molecule has 166 valence electrons. The number of carbonyl (C=O) groups excluding carboxylic acids is 1. The van der Waals surface area contributed by atoms with Crippen LogP contribution in [0.15, 0.2) is 45.6 Å². The van der Waals surface area contributed by atoms with Crippen molar-refractivity contribution in [2.24, 2.45) is 12.8 Å². The minimum atomic E-state index is -0.763. The molecule has 0 aliphatic carbocycles. The van der Waals surface area contributed by atoms with Crippen LogP contribution in [0.5, 0.6) is 0 Å². The van der Waals surface area contributed by atoms with Crippen LogP contribution in [0.1, 0.15) is 12.0 Å². The molecule has 0 bridgehead atoms. The summed E-state index contributed by atoms with van der Waals surface area (Å²) < 4.78 is 26.9. The Morgan fingerprint density at radius 1 is 1.34 bits per heavy atom. The summed E-state index contributed by atoms with van der Waals surface area (Å²) in [5.41, 5.74) is 8.06. The summed E-state index contributed by atoms with van der Waals surface area (Å²) >= 11 is 0. The number of rotatable bonds is 5. The molecule has 2 atom stereocenters. The van der Waals surface area contributed by atoms with Crippen molar-refractivity contribution in [1.82, 2.24) is 9.47 Å². The number of hydrogen-bond acceptors (Lipinski definition) is 6. The Bertz CT molecular complexity index is 1260. The number of nitrogens with zero attached hydrogens (tertiary/aromatic N) is 3. The zero-order chi connectivity index (χ0) is 22.8. The number of aromatic nitrogens is 1. The Morgan fingerprint density at radius 3 is 2.88 bits per heavy atom. The van der Waals surface area contributed by atoms with Gasteiger partial charge < -0.3 is 14.9 Å². The van der Waals surface area contributed by atoms with Crippen LogP contribution in [-0.4, -0.2) is 47.2 Å². The molecule has 3 aromatic rings. The molecule has 8 nitrogen and oxygen atoms in total. The van der Waals surface area contributed by atoms with E-state index in [0.717, 1.165) is 0 Å². The first kappa shape index (κ1) is 21.7. The van der Waals surface area contributed by atoms with Crippen molar-refractivity contribution in [3.05, 3.63) is 58.3 Å². The van der Waals surface area contributed by atoms with E-state index in [4.69, 9.17) is 14.9 Å². The number of primary amides is 1. The molecular formula is C23H23FN4O4. The molecule has 1 aliphatic rings. The Kier molecular flexibility index (Phi) is 6.08. The van der Waals surface area contributed by atoms with E-state index in [0.29, 0.717) is 53.8 Å². The predicted octanol–water partition coefficient (Wildman–Crippen LogP) is 1.95. The number of fused-ring (bicyclic) bond motifs is 1. The first-order valence-electron chi connectivity index (χ1n) is 10.3. The summed E-state index contributed by atoms with van der Waals surface area (Å²) in [6.07, 6.45) is 0.212. The monoisotopic (exact) mass is 438 g/mol. The van der Waals surface area contributed by atoms with Gasteiger partial charge in [0, 0.05) is 38.7 Å². The third-order valence-electron chi connectivity index (χ3n) is 5.78. The SMILES string of the molecule is Cn1c(=O)oc2ccc(-c3ccc(C[C@@H](C#N)N4CCCOC(C(N)=O)C4)cc3F)cc21. The Morgan fingerprint density at radius 2 is 2.16 bits per heavy atom. The Balaban J connectivity index is 1.56. The van der Waals surface area contributed by atoms with Crippen molar-refractivity contribution in [3.8, 4) is 17.2 Å². The van der Waals surface area contributed by atoms with Crippen molar-refractivity contribution in [2.45, 2.75) is 25.0 Å². The van der Waals surface area contributed by atoms with Crippen molar-refractivity contribution in [3.63, 3.8) is 0 Å². The molecule has 1 saturated heterocycles. The Hall–Kier alpha value is -3.48. The maximum Gasteiger partial charge on any atom is 0.419 e. The second-order valence-electron chi connectivity index (χ2n) is 7.88. The molecule has 0 saturated carbocycles. The third-order valence-corrected chi connectivity index (χ3v) is 5.78. The summed E-state index contributed by atoms with van der Waals surface area (Å²) in [6, 6.07) is 11.6. The Labute approximate surface area is 183 Å². The number of carbonyl (C=O) groups is 1. The molecule has 1 unspecified atom stereocenters. The van der Waals surface area contributed by atoms with Gasteiger partial charge in [0.05, 0.1) is 11.6 Å². The van der Waals surface area contributed by atoms with Gasteiger partial charge in [-0.1, -0.05) is 18.2 Å². The summed E-state index contributed by atoms with van der Waals surface area (Å²) in [5, 5.41) is 9.71. The fourth-order valence-electron chi connectivity index (χ4n) is 4.00. The van der Waals surface area contributed by atoms with Gasteiger partial charge in [0.25, 0.3) is 0 Å². The van der Waals surface area contributed by atoms with Gasteiger partial charge in [0.1, 0.15) is 18.0 Å². The van der Waals surface area contributed by atoms with Gasteiger partial charge in [-0.3, -0.25) is 14.3 Å². The lowest BCUT2D eigenvalue weighted by atomic mass is 9.99. The van der Waals surface area contributed by atoms with Crippen LogP contribution in [0.3, 0.4) is 0 Å². The first-order valence-corrected chi connectivity index (χ1v) is 10.3. The van der Waals surface area contributed by atoms with Crippen LogP contribution in [0, 0.1) is 17.1 Å². The fraction of sp³-hybridized carbons (Fsp3) is 0.348. The van der Waals surface area contributed by atoms with Crippen LogP contribution >= 0.6 is 0 Å². The topological polar surface area (TPSA) is 114 Å². The lowest BCUT2D eigenvalue weighted by Crippen LogP contribution is -2.44. The number of benzene rings is 2. The smallest absolute Gasteiger partial charge is 0.408 e. The van der Waals surface area contributed by atoms with E-state index in [-0.39, 0.29) is 6.54 Å². The van der Waals surface area contributed by atoms with E-state index in [1.54, 1.807) is 37.4 Å². The van der Waals surface area contributed by atoms with Gasteiger partial charge >= 0.3 is 5.76 Å². The predicted molar refractivity (Wildman–Crippen MR) is 115 cm³/mol. The number of nitrogens with two attached hydrogens (primary N) is 1. The zero-order valence-corrected chi connectivity index (χ0v) is 17.6. The maximum atomic E-state index is 15.0. The average molecular weight is 438 g/mol. The van der Waals surface area contributed by atoms with Gasteiger partial charge in [0.15, 0.2) is 5.58 Å². The molecule has 2 aromatic carbocycles. The molecule has 2 N–H and O–H groups in total. The van der Waals surface area contributed by atoms with Crippen LogP contribution in [0.2, 0.25) is 0 Å². The first-order chi connectivity index (χ1) is 15.4. The van der Waals surface area contributed by atoms with E-state index >= 15 is 4.39 Å². The van der Waals surface area contributed by atoms with Crippen molar-refractivity contribution in [1.29, 1.82) is 5.26 Å². The maximum absolute atomic E-state index is 15.0. The lowest BCUT2D eigenvalue weighted by Gasteiger charge is -2.27. The highest BCUT2D eigenvalue weighted by Gasteiger charge is 2.28. The number of halogens is 1. The number of oxazole rings is 1. The van der Waals surface area contributed by atoms with E-state index in [1.165, 1.54) is 10.6 Å². The minimum Gasteiger partial charge on any atom is -0.408 e. The number of ether oxygens (including phenoxy) is 1. The number of hydrogen-bond donors (Lipinski definition) is 1. The van der Waals surface area contributed by atoms with Gasteiger partial charge in [-0.05, 0) is 35.7 Å². The van der Waals surface area contributed by atoms with E-state index in [2.05, 4.69) is 6.07 Å².